The molecule has 0 aliphatic rings. The predicted octanol–water partition coefficient (Wildman–Crippen LogP) is 7.46. The highest BCUT2D eigenvalue weighted by Gasteiger charge is 2.31. The Morgan fingerprint density at radius 3 is 1.24 bits per heavy atom. The highest BCUT2D eigenvalue weighted by atomic mass is 19.4. The van der Waals surface area contributed by atoms with Crippen molar-refractivity contribution in [3.8, 4) is 11.5 Å². The van der Waals surface area contributed by atoms with Crippen molar-refractivity contribution >= 4 is 0 Å². The second-order valence-corrected chi connectivity index (χ2v) is 9.51. The number of benzene rings is 2. The zero-order valence-electron chi connectivity index (χ0n) is 18.5. The molecule has 0 bridgehead atoms. The predicted molar refractivity (Wildman–Crippen MR) is 112 cm³/mol. The van der Waals surface area contributed by atoms with E-state index in [1.807, 2.05) is 12.1 Å². The Labute approximate surface area is 173 Å². The Hall–Kier alpha value is -2.17. The molecular formula is C24H33F3O2. The van der Waals surface area contributed by atoms with Crippen LogP contribution >= 0.6 is 0 Å². The van der Waals surface area contributed by atoms with Gasteiger partial charge in [0.05, 0.1) is 7.11 Å². The summed E-state index contributed by atoms with van der Waals surface area (Å²) in [5, 5.41) is 0. The van der Waals surface area contributed by atoms with Gasteiger partial charge < -0.3 is 9.47 Å². The summed E-state index contributed by atoms with van der Waals surface area (Å²) in [5.41, 5.74) is 2.84. The summed E-state index contributed by atoms with van der Waals surface area (Å²) in [6.45, 7) is 13.0. The highest BCUT2D eigenvalue weighted by molar-refractivity contribution is 5.28. The molecule has 0 radical (unpaired) electrons. The second-order valence-electron chi connectivity index (χ2n) is 9.51. The van der Waals surface area contributed by atoms with E-state index in [9.17, 15) is 13.2 Å². The quantitative estimate of drug-likeness (QED) is 0.521. The Bertz CT molecular complexity index is 684. The van der Waals surface area contributed by atoms with E-state index in [2.05, 4.69) is 58.4 Å². The molecule has 0 aliphatic heterocycles. The van der Waals surface area contributed by atoms with Crippen LogP contribution < -0.4 is 9.47 Å². The lowest BCUT2D eigenvalue weighted by molar-refractivity contribution is -0.274. The molecule has 29 heavy (non-hydrogen) atoms. The third kappa shape index (κ3) is 12.1. The van der Waals surface area contributed by atoms with Crippen molar-refractivity contribution in [3.05, 3.63) is 59.7 Å². The molecule has 0 aliphatic carbocycles. The van der Waals surface area contributed by atoms with Gasteiger partial charge in [-0.05, 0) is 59.1 Å². The van der Waals surface area contributed by atoms with Gasteiger partial charge in [-0.1, -0.05) is 65.8 Å². The van der Waals surface area contributed by atoms with Crippen LogP contribution in [0.15, 0.2) is 48.5 Å². The van der Waals surface area contributed by atoms with Crippen molar-refractivity contribution in [3.63, 3.8) is 0 Å². The summed E-state index contributed by atoms with van der Waals surface area (Å²) in [6, 6.07) is 14.3. The highest BCUT2D eigenvalue weighted by Crippen LogP contribution is 2.25. The first-order valence-electron chi connectivity index (χ1n) is 9.64. The maximum Gasteiger partial charge on any atom is 0.573 e. The normalized spacial score (nSPS) is 12.1. The van der Waals surface area contributed by atoms with E-state index < -0.39 is 6.36 Å². The van der Waals surface area contributed by atoms with Crippen LogP contribution in [0.25, 0.3) is 0 Å². The van der Waals surface area contributed by atoms with Gasteiger partial charge in [-0.2, -0.15) is 0 Å². The first-order valence-corrected chi connectivity index (χ1v) is 9.64. The Morgan fingerprint density at radius 1 is 0.621 bits per heavy atom. The Balaban J connectivity index is 0.000000296. The molecule has 2 rings (SSSR count). The monoisotopic (exact) mass is 410 g/mol. The zero-order chi connectivity index (χ0) is 22.3. The molecule has 0 fully saturated rings. The van der Waals surface area contributed by atoms with Crippen LogP contribution in [0.4, 0.5) is 13.2 Å². The van der Waals surface area contributed by atoms with E-state index in [-0.39, 0.29) is 11.2 Å². The van der Waals surface area contributed by atoms with E-state index in [0.717, 1.165) is 24.2 Å². The third-order valence-electron chi connectivity index (χ3n) is 3.78. The van der Waals surface area contributed by atoms with E-state index in [1.165, 1.54) is 17.7 Å². The average molecular weight is 411 g/mol. The van der Waals surface area contributed by atoms with Crippen molar-refractivity contribution in [1.82, 2.24) is 0 Å². The minimum absolute atomic E-state index is 0.117. The molecule has 5 heteroatoms. The summed E-state index contributed by atoms with van der Waals surface area (Å²) >= 11 is 0. The lowest BCUT2D eigenvalue weighted by Gasteiger charge is -2.18. The van der Waals surface area contributed by atoms with Gasteiger partial charge >= 0.3 is 6.36 Å². The molecule has 0 aromatic heterocycles. The first kappa shape index (κ1) is 24.9. The van der Waals surface area contributed by atoms with Gasteiger partial charge in [0.25, 0.3) is 0 Å². The fourth-order valence-corrected chi connectivity index (χ4v) is 2.78. The van der Waals surface area contributed by atoms with Gasteiger partial charge in [-0.15, -0.1) is 13.2 Å². The maximum absolute atomic E-state index is 11.9. The number of methoxy groups -OCH3 is 1. The van der Waals surface area contributed by atoms with Crippen LogP contribution in [0, 0.1) is 10.8 Å². The van der Waals surface area contributed by atoms with Crippen LogP contribution in [0.1, 0.15) is 52.7 Å². The molecule has 0 atom stereocenters. The lowest BCUT2D eigenvalue weighted by atomic mass is 9.88. The van der Waals surface area contributed by atoms with Gasteiger partial charge in [-0.3, -0.25) is 0 Å². The molecule has 0 saturated carbocycles. The smallest absolute Gasteiger partial charge is 0.497 e. The largest absolute Gasteiger partial charge is 0.573 e. The molecule has 0 unspecified atom stereocenters. The van der Waals surface area contributed by atoms with E-state index in [0.29, 0.717) is 5.41 Å². The number of ether oxygens (including phenoxy) is 2. The maximum atomic E-state index is 11.9. The van der Waals surface area contributed by atoms with Gasteiger partial charge in [0.1, 0.15) is 11.5 Å². The zero-order valence-corrected chi connectivity index (χ0v) is 18.5. The fraction of sp³-hybridized carbons (Fsp3) is 0.500. The standard InChI is InChI=1S/C12H15F3O.C12H18O/c1-11(2,3)8-9-4-6-10(7-5-9)16-12(13,14)15;1-12(2,3)9-10-5-7-11(13-4)8-6-10/h4-7H,8H2,1-3H3;5-8H,9H2,1-4H3. The van der Waals surface area contributed by atoms with Crippen LogP contribution in [-0.4, -0.2) is 13.5 Å². The molecule has 0 amide bonds. The number of rotatable bonds is 4. The molecular weight excluding hydrogens is 377 g/mol. The fourth-order valence-electron chi connectivity index (χ4n) is 2.78. The van der Waals surface area contributed by atoms with Crippen molar-refractivity contribution in [2.24, 2.45) is 10.8 Å². The van der Waals surface area contributed by atoms with Gasteiger partial charge in [-0.25, -0.2) is 0 Å². The average Bonchev–Trinajstić information content (AvgIpc) is 2.54. The lowest BCUT2D eigenvalue weighted by Crippen LogP contribution is -2.17. The van der Waals surface area contributed by atoms with Crippen LogP contribution in [0.2, 0.25) is 0 Å². The molecule has 0 heterocycles. The Morgan fingerprint density at radius 2 is 0.966 bits per heavy atom. The van der Waals surface area contributed by atoms with Gasteiger partial charge in [0.2, 0.25) is 0 Å². The molecule has 0 saturated heterocycles. The second kappa shape index (κ2) is 10.0. The van der Waals surface area contributed by atoms with E-state index >= 15 is 0 Å². The molecule has 2 aromatic carbocycles. The summed E-state index contributed by atoms with van der Waals surface area (Å²) < 4.78 is 44.6. The molecule has 0 N–H and O–H groups in total. The van der Waals surface area contributed by atoms with Crippen LogP contribution in [-0.2, 0) is 12.8 Å². The van der Waals surface area contributed by atoms with Gasteiger partial charge in [0, 0.05) is 0 Å². The SMILES string of the molecule is CC(C)(C)Cc1ccc(OC(F)(F)F)cc1.COc1ccc(CC(C)(C)C)cc1. The van der Waals surface area contributed by atoms with Crippen molar-refractivity contribution in [2.75, 3.05) is 7.11 Å². The number of hydrogen-bond donors (Lipinski definition) is 0. The van der Waals surface area contributed by atoms with Crippen molar-refractivity contribution in [1.29, 1.82) is 0 Å². The van der Waals surface area contributed by atoms with Crippen LogP contribution in [0.5, 0.6) is 11.5 Å². The number of hydrogen-bond acceptors (Lipinski definition) is 2. The Kier molecular flexibility index (Phi) is 8.61. The number of halogens is 3. The molecule has 0 spiro atoms. The minimum Gasteiger partial charge on any atom is -0.497 e. The summed E-state index contributed by atoms with van der Waals surface area (Å²) in [4.78, 5) is 0. The molecule has 162 valence electrons. The minimum atomic E-state index is -4.62. The first-order chi connectivity index (χ1) is 13.2. The van der Waals surface area contributed by atoms with Gasteiger partial charge in [0.15, 0.2) is 0 Å². The van der Waals surface area contributed by atoms with E-state index in [1.54, 1.807) is 19.2 Å². The number of alkyl halides is 3. The van der Waals surface area contributed by atoms with Crippen molar-refractivity contribution < 1.29 is 22.6 Å². The molecule has 2 nitrogen and oxygen atoms in total. The topological polar surface area (TPSA) is 18.5 Å². The summed E-state index contributed by atoms with van der Waals surface area (Å²) in [5.74, 6) is 0.753. The molecule has 2 aromatic rings. The summed E-state index contributed by atoms with van der Waals surface area (Å²) in [7, 11) is 1.69. The third-order valence-corrected chi connectivity index (χ3v) is 3.78. The van der Waals surface area contributed by atoms with Crippen LogP contribution in [0.3, 0.4) is 0 Å². The van der Waals surface area contributed by atoms with Crippen molar-refractivity contribution in [2.45, 2.75) is 60.7 Å². The summed E-state index contributed by atoms with van der Waals surface area (Å²) in [6.07, 6.45) is -2.69. The van der Waals surface area contributed by atoms with E-state index in [4.69, 9.17) is 4.74 Å².